The topological polar surface area (TPSA) is 116 Å². The van der Waals surface area contributed by atoms with E-state index in [1.807, 2.05) is 24.3 Å². The Morgan fingerprint density at radius 3 is 2.39 bits per heavy atom. The van der Waals surface area contributed by atoms with E-state index in [2.05, 4.69) is 23.2 Å². The van der Waals surface area contributed by atoms with E-state index in [1.54, 1.807) is 0 Å². The molecule has 7 nitrogen and oxygen atoms in total. The summed E-state index contributed by atoms with van der Waals surface area (Å²) < 4.78 is 0. The molecule has 0 bridgehead atoms. The van der Waals surface area contributed by atoms with Gasteiger partial charge in [-0.25, -0.2) is 0 Å². The van der Waals surface area contributed by atoms with Crippen molar-refractivity contribution in [1.29, 1.82) is 0 Å². The van der Waals surface area contributed by atoms with E-state index in [-0.39, 0.29) is 19.6 Å². The van der Waals surface area contributed by atoms with Crippen LogP contribution in [0.4, 0.5) is 0 Å². The lowest BCUT2D eigenvalue weighted by atomic mass is 10.2. The fourth-order valence-electron chi connectivity index (χ4n) is 0.822. The van der Waals surface area contributed by atoms with Crippen LogP contribution >= 0.6 is 12.6 Å². The first-order valence-electron chi connectivity index (χ1n) is 4.90. The SMILES string of the molecule is NC(=O)CCO[N+](=O)[O-].OCc1ccc(S)cc1. The summed E-state index contributed by atoms with van der Waals surface area (Å²) in [4.78, 5) is 24.0. The highest BCUT2D eigenvalue weighted by Gasteiger charge is 1.96. The van der Waals surface area contributed by atoms with E-state index in [0.29, 0.717) is 0 Å². The van der Waals surface area contributed by atoms with Crippen LogP contribution in [-0.4, -0.2) is 22.7 Å². The lowest BCUT2D eigenvalue weighted by Gasteiger charge is -1.93. The molecular weight excluding hydrogens is 260 g/mol. The molecule has 0 atom stereocenters. The van der Waals surface area contributed by atoms with Crippen LogP contribution in [0.5, 0.6) is 0 Å². The van der Waals surface area contributed by atoms with E-state index >= 15 is 0 Å². The predicted molar refractivity (Wildman–Crippen MR) is 66.4 cm³/mol. The Morgan fingerprint density at radius 1 is 1.44 bits per heavy atom. The van der Waals surface area contributed by atoms with E-state index in [1.165, 1.54) is 0 Å². The first kappa shape index (κ1) is 16.2. The molecule has 3 N–H and O–H groups in total. The molecule has 0 spiro atoms. The van der Waals surface area contributed by atoms with Gasteiger partial charge in [-0.05, 0) is 17.7 Å². The zero-order valence-electron chi connectivity index (χ0n) is 9.48. The summed E-state index contributed by atoms with van der Waals surface area (Å²) in [6, 6.07) is 7.41. The van der Waals surface area contributed by atoms with E-state index in [9.17, 15) is 14.9 Å². The Bertz CT molecular complexity index is 368. The van der Waals surface area contributed by atoms with Crippen molar-refractivity contribution in [3.63, 3.8) is 0 Å². The maximum Gasteiger partial charge on any atom is 0.294 e. The molecule has 100 valence electrons. The number of thiol groups is 1. The van der Waals surface area contributed by atoms with Crippen molar-refractivity contribution in [3.8, 4) is 0 Å². The number of aliphatic hydroxyl groups is 1. The van der Waals surface area contributed by atoms with Crippen molar-refractivity contribution in [1.82, 2.24) is 0 Å². The second-order valence-electron chi connectivity index (χ2n) is 3.10. The number of rotatable bonds is 5. The summed E-state index contributed by atoms with van der Waals surface area (Å²) in [6.45, 7) is -0.156. The van der Waals surface area contributed by atoms with Gasteiger partial charge < -0.3 is 15.7 Å². The van der Waals surface area contributed by atoms with Gasteiger partial charge in [0.05, 0.1) is 13.0 Å². The Balaban J connectivity index is 0.000000321. The average Bonchev–Trinajstić information content (AvgIpc) is 2.30. The van der Waals surface area contributed by atoms with Crippen molar-refractivity contribution in [2.75, 3.05) is 6.61 Å². The molecule has 0 saturated carbocycles. The Hall–Kier alpha value is -1.80. The van der Waals surface area contributed by atoms with Gasteiger partial charge in [0.25, 0.3) is 5.09 Å². The van der Waals surface area contributed by atoms with E-state index < -0.39 is 11.0 Å². The minimum absolute atomic E-state index is 0.105. The molecule has 0 fully saturated rings. The van der Waals surface area contributed by atoms with Crippen LogP contribution in [0.25, 0.3) is 0 Å². The molecule has 0 aliphatic carbocycles. The Labute approximate surface area is 109 Å². The molecule has 8 heteroatoms. The van der Waals surface area contributed by atoms with Crippen LogP contribution in [0.15, 0.2) is 29.2 Å². The number of benzene rings is 1. The number of amides is 1. The van der Waals surface area contributed by atoms with Crippen LogP contribution in [0.3, 0.4) is 0 Å². The van der Waals surface area contributed by atoms with Gasteiger partial charge in [0.15, 0.2) is 0 Å². The standard InChI is InChI=1S/C7H8OS.C3H6N2O4/c8-5-6-1-3-7(9)4-2-6;4-3(6)1-2-9-5(7)8/h1-4,8-9H,5H2;1-2H2,(H2,4,6). The van der Waals surface area contributed by atoms with Gasteiger partial charge in [0, 0.05) is 4.90 Å². The fourth-order valence-corrected chi connectivity index (χ4v) is 0.971. The summed E-state index contributed by atoms with van der Waals surface area (Å²) in [7, 11) is 0. The van der Waals surface area contributed by atoms with Crippen LogP contribution in [0.2, 0.25) is 0 Å². The largest absolute Gasteiger partial charge is 0.392 e. The summed E-state index contributed by atoms with van der Waals surface area (Å²) in [6.07, 6.45) is -0.124. The molecule has 1 aromatic carbocycles. The van der Waals surface area contributed by atoms with Crippen LogP contribution in [0, 0.1) is 10.1 Å². The molecule has 0 aromatic heterocycles. The molecule has 0 unspecified atom stereocenters. The number of aliphatic hydroxyl groups excluding tert-OH is 1. The summed E-state index contributed by atoms with van der Waals surface area (Å²) in [5, 5.41) is 17.0. The zero-order chi connectivity index (χ0) is 14.0. The number of primary amides is 1. The zero-order valence-corrected chi connectivity index (χ0v) is 10.4. The van der Waals surface area contributed by atoms with Gasteiger partial charge in [-0.15, -0.1) is 22.7 Å². The maximum absolute atomic E-state index is 9.90. The Kier molecular flexibility index (Phi) is 8.33. The molecule has 0 aliphatic rings. The van der Waals surface area contributed by atoms with Crippen molar-refractivity contribution in [3.05, 3.63) is 39.9 Å². The van der Waals surface area contributed by atoms with Gasteiger partial charge in [-0.1, -0.05) is 12.1 Å². The van der Waals surface area contributed by atoms with Crippen LogP contribution in [0.1, 0.15) is 12.0 Å². The molecule has 1 aromatic rings. The number of hydrogen-bond donors (Lipinski definition) is 3. The first-order valence-corrected chi connectivity index (χ1v) is 5.34. The maximum atomic E-state index is 9.90. The van der Waals surface area contributed by atoms with Crippen molar-refractivity contribution in [2.45, 2.75) is 17.9 Å². The predicted octanol–water partition coefficient (Wildman–Crippen LogP) is 0.538. The fraction of sp³-hybridized carbons (Fsp3) is 0.300. The number of carbonyl (C=O) groups excluding carboxylic acids is 1. The van der Waals surface area contributed by atoms with Crippen molar-refractivity contribution >= 4 is 18.5 Å². The number of nitrogens with zero attached hydrogens (tertiary/aromatic N) is 1. The number of hydrogen-bond acceptors (Lipinski definition) is 6. The van der Waals surface area contributed by atoms with E-state index in [4.69, 9.17) is 5.11 Å². The molecule has 0 saturated heterocycles. The quantitative estimate of drug-likeness (QED) is 0.411. The highest BCUT2D eigenvalue weighted by molar-refractivity contribution is 7.80. The highest BCUT2D eigenvalue weighted by atomic mass is 32.1. The van der Waals surface area contributed by atoms with Gasteiger partial charge in [0.1, 0.15) is 6.61 Å². The van der Waals surface area contributed by atoms with Crippen molar-refractivity contribution < 1.29 is 19.8 Å². The number of carbonyl (C=O) groups is 1. The minimum Gasteiger partial charge on any atom is -0.392 e. The Morgan fingerprint density at radius 2 is 2.00 bits per heavy atom. The lowest BCUT2D eigenvalue weighted by molar-refractivity contribution is -0.757. The molecular formula is C10H14N2O5S. The molecule has 0 heterocycles. The molecule has 1 rings (SSSR count). The van der Waals surface area contributed by atoms with Gasteiger partial charge in [-0.3, -0.25) is 4.79 Å². The monoisotopic (exact) mass is 274 g/mol. The minimum atomic E-state index is -0.969. The van der Waals surface area contributed by atoms with Crippen molar-refractivity contribution in [2.24, 2.45) is 5.73 Å². The molecule has 1 amide bonds. The first-order chi connectivity index (χ1) is 8.45. The normalized spacial score (nSPS) is 9.00. The summed E-state index contributed by atoms with van der Waals surface area (Å²) in [5.41, 5.74) is 5.56. The average molecular weight is 274 g/mol. The third kappa shape index (κ3) is 9.43. The third-order valence-corrected chi connectivity index (χ3v) is 1.96. The number of nitrogens with two attached hydrogens (primary N) is 1. The second kappa shape index (κ2) is 9.25. The molecule has 0 aliphatic heterocycles. The van der Waals surface area contributed by atoms with Crippen LogP contribution < -0.4 is 5.73 Å². The molecule has 0 radical (unpaired) electrons. The lowest BCUT2D eigenvalue weighted by Crippen LogP contribution is -2.14. The van der Waals surface area contributed by atoms with Crippen LogP contribution in [-0.2, 0) is 16.2 Å². The summed E-state index contributed by atoms with van der Waals surface area (Å²) >= 11 is 4.09. The second-order valence-corrected chi connectivity index (χ2v) is 3.61. The van der Waals surface area contributed by atoms with Gasteiger partial charge in [-0.2, -0.15) is 0 Å². The van der Waals surface area contributed by atoms with Gasteiger partial charge >= 0.3 is 0 Å². The third-order valence-electron chi connectivity index (χ3n) is 1.66. The smallest absolute Gasteiger partial charge is 0.294 e. The van der Waals surface area contributed by atoms with Gasteiger partial charge in [0.2, 0.25) is 5.91 Å². The molecule has 18 heavy (non-hydrogen) atoms. The summed E-state index contributed by atoms with van der Waals surface area (Å²) in [5.74, 6) is -0.614. The highest BCUT2D eigenvalue weighted by Crippen LogP contribution is 2.06. The van der Waals surface area contributed by atoms with E-state index in [0.717, 1.165) is 10.5 Å².